The van der Waals surface area contributed by atoms with Crippen LogP contribution in [0.5, 0.6) is 0 Å². The first-order valence-corrected chi connectivity index (χ1v) is 7.51. The van der Waals surface area contributed by atoms with E-state index in [-0.39, 0.29) is 17.9 Å². The molecule has 0 aromatic rings. The van der Waals surface area contributed by atoms with Crippen LogP contribution in [0.25, 0.3) is 0 Å². The number of nitrogens with one attached hydrogen (secondary N) is 1. The van der Waals surface area contributed by atoms with Gasteiger partial charge in [-0.1, -0.05) is 19.8 Å². The minimum Gasteiger partial charge on any atom is -0.480 e. The van der Waals surface area contributed by atoms with Crippen molar-refractivity contribution in [2.24, 2.45) is 5.92 Å². The second kappa shape index (κ2) is 5.72. The SMILES string of the molecule is COC1(CC(=O)NC2(C(=O)O)CCCC(C)C2)CCC1. The van der Waals surface area contributed by atoms with E-state index in [9.17, 15) is 14.7 Å². The van der Waals surface area contributed by atoms with Gasteiger partial charge < -0.3 is 15.2 Å². The standard InChI is InChI=1S/C15H25NO4/c1-11-5-3-8-15(9-11,13(18)19)16-12(17)10-14(20-2)6-4-7-14/h11H,3-10H2,1-2H3,(H,16,17)(H,18,19). The monoisotopic (exact) mass is 283 g/mol. The molecule has 2 aliphatic carbocycles. The van der Waals surface area contributed by atoms with E-state index >= 15 is 0 Å². The number of hydrogen-bond donors (Lipinski definition) is 2. The van der Waals surface area contributed by atoms with Gasteiger partial charge >= 0.3 is 5.97 Å². The minimum atomic E-state index is -1.08. The van der Waals surface area contributed by atoms with Crippen molar-refractivity contribution in [2.75, 3.05) is 7.11 Å². The molecule has 2 saturated carbocycles. The van der Waals surface area contributed by atoms with E-state index in [1.54, 1.807) is 7.11 Å². The Hall–Kier alpha value is -1.10. The number of hydrogen-bond acceptors (Lipinski definition) is 3. The van der Waals surface area contributed by atoms with Crippen LogP contribution < -0.4 is 5.32 Å². The third-order valence-corrected chi connectivity index (χ3v) is 4.97. The summed E-state index contributed by atoms with van der Waals surface area (Å²) >= 11 is 0. The molecule has 2 aliphatic rings. The fourth-order valence-corrected chi connectivity index (χ4v) is 3.54. The predicted molar refractivity (Wildman–Crippen MR) is 74.3 cm³/mol. The van der Waals surface area contributed by atoms with Gasteiger partial charge in [-0.2, -0.15) is 0 Å². The van der Waals surface area contributed by atoms with Gasteiger partial charge in [-0.25, -0.2) is 4.79 Å². The summed E-state index contributed by atoms with van der Waals surface area (Å²) in [6, 6.07) is 0. The summed E-state index contributed by atoms with van der Waals surface area (Å²) in [5, 5.41) is 12.3. The highest BCUT2D eigenvalue weighted by atomic mass is 16.5. The number of carbonyl (C=O) groups excluding carboxylic acids is 1. The Morgan fingerprint density at radius 2 is 2.00 bits per heavy atom. The van der Waals surface area contributed by atoms with E-state index in [0.717, 1.165) is 32.1 Å². The van der Waals surface area contributed by atoms with Crippen LogP contribution in [-0.4, -0.2) is 35.2 Å². The Balaban J connectivity index is 2.01. The van der Waals surface area contributed by atoms with Crippen molar-refractivity contribution < 1.29 is 19.4 Å². The summed E-state index contributed by atoms with van der Waals surface area (Å²) in [5.74, 6) is -0.763. The molecule has 2 rings (SSSR count). The van der Waals surface area contributed by atoms with Crippen LogP contribution in [0.1, 0.15) is 58.3 Å². The molecule has 114 valence electrons. The van der Waals surface area contributed by atoms with Crippen molar-refractivity contribution in [2.45, 2.75) is 69.4 Å². The number of ether oxygens (including phenoxy) is 1. The average molecular weight is 283 g/mol. The molecule has 0 aromatic carbocycles. The van der Waals surface area contributed by atoms with Crippen LogP contribution in [0.4, 0.5) is 0 Å². The largest absolute Gasteiger partial charge is 0.480 e. The van der Waals surface area contributed by atoms with Crippen LogP contribution in [0, 0.1) is 5.92 Å². The lowest BCUT2D eigenvalue weighted by atomic mass is 9.75. The summed E-state index contributed by atoms with van der Waals surface area (Å²) in [6.07, 6.45) is 6.04. The lowest BCUT2D eigenvalue weighted by Crippen LogP contribution is -2.58. The molecule has 2 N–H and O–H groups in total. The van der Waals surface area contributed by atoms with Crippen LogP contribution in [-0.2, 0) is 14.3 Å². The summed E-state index contributed by atoms with van der Waals surface area (Å²) in [7, 11) is 1.63. The van der Waals surface area contributed by atoms with E-state index in [2.05, 4.69) is 5.32 Å². The van der Waals surface area contributed by atoms with Gasteiger partial charge in [-0.3, -0.25) is 4.79 Å². The first-order valence-electron chi connectivity index (χ1n) is 7.51. The molecule has 5 nitrogen and oxygen atoms in total. The molecule has 0 aliphatic heterocycles. The van der Waals surface area contributed by atoms with Gasteiger partial charge in [0, 0.05) is 7.11 Å². The van der Waals surface area contributed by atoms with Crippen LogP contribution in [0.3, 0.4) is 0 Å². The zero-order valence-electron chi connectivity index (χ0n) is 12.4. The first kappa shape index (κ1) is 15.3. The molecule has 0 spiro atoms. The highest BCUT2D eigenvalue weighted by Gasteiger charge is 2.45. The zero-order chi connectivity index (χ0) is 14.8. The number of carboxylic acid groups (broad SMARTS) is 1. The van der Waals surface area contributed by atoms with Gasteiger partial charge in [0.1, 0.15) is 5.54 Å². The summed E-state index contributed by atoms with van der Waals surface area (Å²) in [4.78, 5) is 23.9. The van der Waals surface area contributed by atoms with Gasteiger partial charge in [0.05, 0.1) is 12.0 Å². The van der Waals surface area contributed by atoms with Crippen molar-refractivity contribution >= 4 is 11.9 Å². The van der Waals surface area contributed by atoms with Crippen LogP contribution >= 0.6 is 0 Å². The first-order chi connectivity index (χ1) is 9.41. The highest BCUT2D eigenvalue weighted by molar-refractivity contribution is 5.87. The maximum atomic E-state index is 12.2. The molecule has 5 heteroatoms. The maximum absolute atomic E-state index is 12.2. The molecule has 20 heavy (non-hydrogen) atoms. The van der Waals surface area contributed by atoms with Crippen molar-refractivity contribution in [3.05, 3.63) is 0 Å². The number of amides is 1. The molecule has 0 radical (unpaired) electrons. The molecule has 2 unspecified atom stereocenters. The van der Waals surface area contributed by atoms with E-state index in [4.69, 9.17) is 4.74 Å². The normalized spacial score (nSPS) is 32.2. The lowest BCUT2D eigenvalue weighted by Gasteiger charge is -2.42. The second-order valence-electron chi connectivity index (χ2n) is 6.55. The van der Waals surface area contributed by atoms with Crippen LogP contribution in [0.2, 0.25) is 0 Å². The predicted octanol–water partition coefficient (Wildman–Crippen LogP) is 2.10. The van der Waals surface area contributed by atoms with Gasteiger partial charge in [-0.05, 0) is 38.0 Å². The van der Waals surface area contributed by atoms with Gasteiger partial charge in [0.2, 0.25) is 5.91 Å². The number of carboxylic acids is 1. The molecule has 0 saturated heterocycles. The summed E-state index contributed by atoms with van der Waals surface area (Å²) in [6.45, 7) is 2.05. The molecule has 2 fully saturated rings. The van der Waals surface area contributed by atoms with Gasteiger partial charge in [0.25, 0.3) is 0 Å². The second-order valence-corrected chi connectivity index (χ2v) is 6.55. The third-order valence-electron chi connectivity index (χ3n) is 4.97. The third kappa shape index (κ3) is 2.97. The quantitative estimate of drug-likeness (QED) is 0.810. The fourth-order valence-electron chi connectivity index (χ4n) is 3.54. The Morgan fingerprint density at radius 1 is 1.30 bits per heavy atom. The summed E-state index contributed by atoms with van der Waals surface area (Å²) < 4.78 is 5.44. The van der Waals surface area contributed by atoms with Crippen molar-refractivity contribution in [1.82, 2.24) is 5.32 Å². The Kier molecular flexibility index (Phi) is 4.37. The number of methoxy groups -OCH3 is 1. The topological polar surface area (TPSA) is 75.6 Å². The van der Waals surface area contributed by atoms with Crippen molar-refractivity contribution in [3.63, 3.8) is 0 Å². The lowest BCUT2D eigenvalue weighted by molar-refractivity contribution is -0.152. The van der Waals surface area contributed by atoms with Crippen molar-refractivity contribution in [1.29, 1.82) is 0 Å². The van der Waals surface area contributed by atoms with E-state index in [1.165, 1.54) is 0 Å². The average Bonchev–Trinajstić information content (AvgIpc) is 2.33. The fraction of sp³-hybridized carbons (Fsp3) is 0.867. The molecule has 0 heterocycles. The number of aliphatic carboxylic acids is 1. The molecule has 0 aromatic heterocycles. The summed E-state index contributed by atoms with van der Waals surface area (Å²) in [5.41, 5.74) is -1.43. The smallest absolute Gasteiger partial charge is 0.329 e. The highest BCUT2D eigenvalue weighted by Crippen LogP contribution is 2.39. The van der Waals surface area contributed by atoms with Crippen LogP contribution in [0.15, 0.2) is 0 Å². The molecule has 1 amide bonds. The molecular formula is C15H25NO4. The van der Waals surface area contributed by atoms with Crippen molar-refractivity contribution in [3.8, 4) is 0 Å². The number of carbonyl (C=O) groups is 2. The Bertz CT molecular complexity index is 386. The zero-order valence-corrected chi connectivity index (χ0v) is 12.4. The van der Waals surface area contributed by atoms with E-state index in [0.29, 0.717) is 18.8 Å². The molecule has 0 bridgehead atoms. The Labute approximate surface area is 120 Å². The van der Waals surface area contributed by atoms with E-state index in [1.807, 2.05) is 6.92 Å². The Morgan fingerprint density at radius 3 is 2.45 bits per heavy atom. The van der Waals surface area contributed by atoms with Gasteiger partial charge in [0.15, 0.2) is 0 Å². The van der Waals surface area contributed by atoms with E-state index < -0.39 is 11.5 Å². The minimum absolute atomic E-state index is 0.192. The van der Waals surface area contributed by atoms with Gasteiger partial charge in [-0.15, -0.1) is 0 Å². The number of rotatable bonds is 5. The molecular weight excluding hydrogens is 258 g/mol. The molecule has 2 atom stereocenters. The maximum Gasteiger partial charge on any atom is 0.329 e.